The van der Waals surface area contributed by atoms with Crippen LogP contribution in [0.15, 0.2) is 73.2 Å². The minimum Gasteiger partial charge on any atom is -0.481 e. The normalized spacial score (nSPS) is 11.8. The Morgan fingerprint density at radius 3 is 2.48 bits per heavy atom. The SMILES string of the molecule is O=C(O)CC(c1ccc(F)cc1)c1ccnc(Oc2ccc(Cc3ncc[nH]3)cc2)n1. The summed E-state index contributed by atoms with van der Waals surface area (Å²) >= 11 is 0. The smallest absolute Gasteiger partial charge is 0.322 e. The maximum absolute atomic E-state index is 13.3. The number of aromatic nitrogens is 4. The lowest BCUT2D eigenvalue weighted by molar-refractivity contribution is -0.137. The van der Waals surface area contributed by atoms with Crippen molar-refractivity contribution in [1.29, 1.82) is 0 Å². The van der Waals surface area contributed by atoms with Crippen LogP contribution in [0.3, 0.4) is 0 Å². The van der Waals surface area contributed by atoms with E-state index >= 15 is 0 Å². The van der Waals surface area contributed by atoms with Crippen molar-refractivity contribution in [1.82, 2.24) is 19.9 Å². The molecule has 4 aromatic rings. The topological polar surface area (TPSA) is 101 Å². The molecule has 0 aliphatic carbocycles. The molecule has 0 fully saturated rings. The van der Waals surface area contributed by atoms with Gasteiger partial charge in [0.25, 0.3) is 0 Å². The van der Waals surface area contributed by atoms with Crippen LogP contribution in [0, 0.1) is 5.82 Å². The molecule has 0 saturated carbocycles. The number of carbonyl (C=O) groups is 1. The summed E-state index contributed by atoms with van der Waals surface area (Å²) in [5.41, 5.74) is 2.19. The lowest BCUT2D eigenvalue weighted by atomic mass is 9.92. The van der Waals surface area contributed by atoms with Gasteiger partial charge in [0.1, 0.15) is 17.4 Å². The molecule has 8 heteroatoms. The van der Waals surface area contributed by atoms with Gasteiger partial charge >= 0.3 is 12.0 Å². The number of aromatic amines is 1. The van der Waals surface area contributed by atoms with Crippen molar-refractivity contribution in [2.75, 3.05) is 0 Å². The Balaban J connectivity index is 1.52. The highest BCUT2D eigenvalue weighted by Gasteiger charge is 2.20. The first-order chi connectivity index (χ1) is 15.1. The first kappa shape index (κ1) is 20.2. The minimum atomic E-state index is -0.984. The summed E-state index contributed by atoms with van der Waals surface area (Å²) in [5.74, 6) is -0.506. The van der Waals surface area contributed by atoms with Crippen molar-refractivity contribution in [3.05, 3.63) is 102 Å². The summed E-state index contributed by atoms with van der Waals surface area (Å²) in [7, 11) is 0. The maximum atomic E-state index is 13.3. The molecule has 4 rings (SSSR count). The summed E-state index contributed by atoms with van der Waals surface area (Å²) in [6.07, 6.45) is 5.49. The third-order valence-corrected chi connectivity index (χ3v) is 4.72. The standard InChI is InChI=1S/C23H19FN4O3/c24-17-5-3-16(4-6-17)19(14-22(29)30)20-9-10-27-23(28-20)31-18-7-1-15(2-8-18)13-21-25-11-12-26-21/h1-12,19H,13-14H2,(H,25,26)(H,29,30). The Morgan fingerprint density at radius 1 is 1.03 bits per heavy atom. The van der Waals surface area contributed by atoms with Crippen molar-refractivity contribution >= 4 is 5.97 Å². The van der Waals surface area contributed by atoms with E-state index in [9.17, 15) is 14.3 Å². The van der Waals surface area contributed by atoms with Crippen molar-refractivity contribution in [3.8, 4) is 11.8 Å². The molecule has 7 nitrogen and oxygen atoms in total. The predicted octanol–water partition coefficient (Wildman–Crippen LogP) is 4.33. The molecule has 2 aromatic carbocycles. The summed E-state index contributed by atoms with van der Waals surface area (Å²) in [6.45, 7) is 0. The lowest BCUT2D eigenvalue weighted by Crippen LogP contribution is -2.10. The first-order valence-corrected chi connectivity index (χ1v) is 9.62. The summed E-state index contributed by atoms with van der Waals surface area (Å²) in [4.78, 5) is 27.2. The molecule has 1 atom stereocenters. The molecular weight excluding hydrogens is 399 g/mol. The average molecular weight is 418 g/mol. The highest BCUT2D eigenvalue weighted by molar-refractivity contribution is 5.68. The Hall–Kier alpha value is -4.07. The van der Waals surface area contributed by atoms with Gasteiger partial charge in [-0.15, -0.1) is 0 Å². The molecule has 31 heavy (non-hydrogen) atoms. The third-order valence-electron chi connectivity index (χ3n) is 4.72. The number of carboxylic acid groups (broad SMARTS) is 1. The fourth-order valence-electron chi connectivity index (χ4n) is 3.23. The zero-order valence-corrected chi connectivity index (χ0v) is 16.4. The average Bonchev–Trinajstić information content (AvgIpc) is 3.27. The maximum Gasteiger partial charge on any atom is 0.322 e. The number of nitrogens with one attached hydrogen (secondary N) is 1. The van der Waals surface area contributed by atoms with Gasteiger partial charge in [0.2, 0.25) is 0 Å². The van der Waals surface area contributed by atoms with E-state index < -0.39 is 11.9 Å². The van der Waals surface area contributed by atoms with E-state index in [4.69, 9.17) is 4.74 Å². The highest BCUT2D eigenvalue weighted by Crippen LogP contribution is 2.28. The van der Waals surface area contributed by atoms with Crippen LogP contribution in [0.1, 0.15) is 35.0 Å². The number of H-pyrrole nitrogens is 1. The van der Waals surface area contributed by atoms with E-state index in [0.717, 1.165) is 11.4 Å². The van der Waals surface area contributed by atoms with Crippen LogP contribution in [0.4, 0.5) is 4.39 Å². The fraction of sp³-hybridized carbons (Fsp3) is 0.130. The van der Waals surface area contributed by atoms with E-state index in [1.807, 2.05) is 24.3 Å². The van der Waals surface area contributed by atoms with Gasteiger partial charge in [-0.1, -0.05) is 24.3 Å². The molecule has 0 saturated heterocycles. The molecule has 0 aliphatic heterocycles. The number of hydrogen-bond acceptors (Lipinski definition) is 5. The molecule has 0 radical (unpaired) electrons. The lowest BCUT2D eigenvalue weighted by Gasteiger charge is -2.15. The molecule has 2 N–H and O–H groups in total. The van der Waals surface area contributed by atoms with E-state index in [1.165, 1.54) is 18.3 Å². The molecule has 0 spiro atoms. The van der Waals surface area contributed by atoms with Gasteiger partial charge in [0.05, 0.1) is 12.1 Å². The van der Waals surface area contributed by atoms with Crippen LogP contribution in [-0.2, 0) is 11.2 Å². The number of aliphatic carboxylic acids is 1. The van der Waals surface area contributed by atoms with Crippen LogP contribution in [0.25, 0.3) is 0 Å². The third kappa shape index (κ3) is 5.30. The van der Waals surface area contributed by atoms with Gasteiger partial charge in [0, 0.05) is 30.9 Å². The summed E-state index contributed by atoms with van der Waals surface area (Å²) in [6, 6.07) is 14.9. The van der Waals surface area contributed by atoms with Crippen LogP contribution >= 0.6 is 0 Å². The molecule has 0 bridgehead atoms. The van der Waals surface area contributed by atoms with E-state index in [2.05, 4.69) is 19.9 Å². The second kappa shape index (κ2) is 9.17. The van der Waals surface area contributed by atoms with Crippen molar-refractivity contribution in [2.24, 2.45) is 0 Å². The number of hydrogen-bond donors (Lipinski definition) is 2. The number of nitrogens with zero attached hydrogens (tertiary/aromatic N) is 3. The second-order valence-corrected chi connectivity index (χ2v) is 6.92. The monoisotopic (exact) mass is 418 g/mol. The molecular formula is C23H19FN4O3. The van der Waals surface area contributed by atoms with E-state index in [0.29, 0.717) is 23.4 Å². The van der Waals surface area contributed by atoms with Crippen molar-refractivity contribution < 1.29 is 19.0 Å². The van der Waals surface area contributed by atoms with Crippen LogP contribution in [-0.4, -0.2) is 31.0 Å². The molecule has 0 amide bonds. The molecule has 2 heterocycles. The van der Waals surface area contributed by atoms with Gasteiger partial charge in [-0.25, -0.2) is 14.4 Å². The number of rotatable bonds is 8. The van der Waals surface area contributed by atoms with Crippen LogP contribution in [0.2, 0.25) is 0 Å². The second-order valence-electron chi connectivity index (χ2n) is 6.92. The first-order valence-electron chi connectivity index (χ1n) is 9.62. The summed E-state index contributed by atoms with van der Waals surface area (Å²) in [5, 5.41) is 9.33. The fourth-order valence-corrected chi connectivity index (χ4v) is 3.23. The van der Waals surface area contributed by atoms with Gasteiger partial charge in [-0.3, -0.25) is 4.79 Å². The molecule has 1 unspecified atom stereocenters. The Bertz CT molecular complexity index is 1150. The van der Waals surface area contributed by atoms with Crippen molar-refractivity contribution in [3.63, 3.8) is 0 Å². The number of benzene rings is 2. The van der Waals surface area contributed by atoms with Crippen LogP contribution < -0.4 is 4.74 Å². The number of halogens is 1. The highest BCUT2D eigenvalue weighted by atomic mass is 19.1. The van der Waals surface area contributed by atoms with Gasteiger partial charge < -0.3 is 14.8 Å². The summed E-state index contributed by atoms with van der Waals surface area (Å²) < 4.78 is 19.1. The molecule has 0 aliphatic rings. The van der Waals surface area contributed by atoms with Crippen molar-refractivity contribution in [2.45, 2.75) is 18.8 Å². The van der Waals surface area contributed by atoms with E-state index in [1.54, 1.807) is 30.6 Å². The van der Waals surface area contributed by atoms with E-state index in [-0.39, 0.29) is 18.2 Å². The predicted molar refractivity (Wildman–Crippen MR) is 110 cm³/mol. The minimum absolute atomic E-state index is 0.105. The van der Waals surface area contributed by atoms with Gasteiger partial charge in [-0.05, 0) is 41.5 Å². The van der Waals surface area contributed by atoms with Gasteiger partial charge in [0.15, 0.2) is 0 Å². The number of carboxylic acids is 1. The zero-order valence-electron chi connectivity index (χ0n) is 16.4. The van der Waals surface area contributed by atoms with Gasteiger partial charge in [-0.2, -0.15) is 4.98 Å². The zero-order chi connectivity index (χ0) is 21.6. The largest absolute Gasteiger partial charge is 0.481 e. The quantitative estimate of drug-likeness (QED) is 0.442. The molecule has 2 aromatic heterocycles. The molecule has 156 valence electrons. The Kier molecular flexibility index (Phi) is 5.98. The Labute approximate surface area is 177 Å². The Morgan fingerprint density at radius 2 is 1.81 bits per heavy atom. The van der Waals surface area contributed by atoms with Crippen LogP contribution in [0.5, 0.6) is 11.8 Å². The number of imidazole rings is 1. The number of ether oxygens (including phenoxy) is 1.